The average Bonchev–Trinajstić information content (AvgIpc) is 2.32. The van der Waals surface area contributed by atoms with Crippen LogP contribution in [0.25, 0.3) is 0 Å². The van der Waals surface area contributed by atoms with E-state index in [0.29, 0.717) is 6.54 Å². The van der Waals surface area contributed by atoms with Crippen molar-refractivity contribution < 1.29 is 5.11 Å². The molecule has 0 aromatic carbocycles. The standard InChI is InChI=1S/C12H17BrN2O/c13-11-2-1-9(7-15-11)12(8-14)5-3-10(16)4-6-12/h1-2,7,10,16H,3-6,8,14H2. The molecule has 1 fully saturated rings. The summed E-state index contributed by atoms with van der Waals surface area (Å²) in [4.78, 5) is 4.26. The highest BCUT2D eigenvalue weighted by atomic mass is 79.9. The van der Waals surface area contributed by atoms with Crippen LogP contribution in [-0.2, 0) is 5.41 Å². The summed E-state index contributed by atoms with van der Waals surface area (Å²) in [7, 11) is 0. The molecule has 3 nitrogen and oxygen atoms in total. The van der Waals surface area contributed by atoms with Gasteiger partial charge in [-0.25, -0.2) is 4.98 Å². The van der Waals surface area contributed by atoms with Gasteiger partial charge in [-0.15, -0.1) is 0 Å². The molecule has 16 heavy (non-hydrogen) atoms. The predicted octanol–water partition coefficient (Wildman–Crippen LogP) is 1.98. The Balaban J connectivity index is 2.24. The second-order valence-corrected chi connectivity index (χ2v) is 5.40. The molecule has 0 radical (unpaired) electrons. The number of aromatic nitrogens is 1. The van der Waals surface area contributed by atoms with Crippen LogP contribution in [0.4, 0.5) is 0 Å². The van der Waals surface area contributed by atoms with Gasteiger partial charge in [0, 0.05) is 18.2 Å². The maximum Gasteiger partial charge on any atom is 0.106 e. The fourth-order valence-electron chi connectivity index (χ4n) is 2.46. The Hall–Kier alpha value is -0.450. The fraction of sp³-hybridized carbons (Fsp3) is 0.583. The Bertz CT molecular complexity index is 345. The minimum Gasteiger partial charge on any atom is -0.393 e. The second kappa shape index (κ2) is 4.82. The van der Waals surface area contributed by atoms with Crippen LogP contribution in [0.5, 0.6) is 0 Å². The summed E-state index contributed by atoms with van der Waals surface area (Å²) < 4.78 is 0.847. The monoisotopic (exact) mass is 284 g/mol. The number of nitrogens with two attached hydrogens (primary N) is 1. The van der Waals surface area contributed by atoms with E-state index in [0.717, 1.165) is 30.3 Å². The van der Waals surface area contributed by atoms with Crippen LogP contribution >= 0.6 is 15.9 Å². The van der Waals surface area contributed by atoms with E-state index in [1.807, 2.05) is 12.3 Å². The topological polar surface area (TPSA) is 59.1 Å². The van der Waals surface area contributed by atoms with Crippen LogP contribution < -0.4 is 5.73 Å². The van der Waals surface area contributed by atoms with Crippen molar-refractivity contribution in [2.45, 2.75) is 37.2 Å². The molecule has 1 aromatic rings. The van der Waals surface area contributed by atoms with Gasteiger partial charge in [-0.3, -0.25) is 0 Å². The fourth-order valence-corrected chi connectivity index (χ4v) is 2.69. The van der Waals surface area contributed by atoms with Crippen LogP contribution in [0.2, 0.25) is 0 Å². The van der Waals surface area contributed by atoms with Crippen molar-refractivity contribution in [2.75, 3.05) is 6.54 Å². The molecule has 88 valence electrons. The number of aliphatic hydroxyl groups is 1. The first kappa shape index (κ1) is 12.0. The molecule has 0 bridgehead atoms. The average molecular weight is 285 g/mol. The first-order valence-corrected chi connectivity index (χ1v) is 6.46. The summed E-state index contributed by atoms with van der Waals surface area (Å²) in [6.07, 6.45) is 5.33. The Labute approximate surface area is 104 Å². The quantitative estimate of drug-likeness (QED) is 0.817. The summed E-state index contributed by atoms with van der Waals surface area (Å²) in [5.41, 5.74) is 7.15. The third kappa shape index (κ3) is 2.29. The molecule has 4 heteroatoms. The summed E-state index contributed by atoms with van der Waals surface area (Å²) >= 11 is 3.34. The Kier molecular flexibility index (Phi) is 3.62. The minimum atomic E-state index is -0.150. The lowest BCUT2D eigenvalue weighted by molar-refractivity contribution is 0.0973. The largest absolute Gasteiger partial charge is 0.393 e. The van der Waals surface area contributed by atoms with Crippen molar-refractivity contribution in [1.29, 1.82) is 0 Å². The lowest BCUT2D eigenvalue weighted by atomic mass is 9.69. The van der Waals surface area contributed by atoms with Crippen LogP contribution in [0.3, 0.4) is 0 Å². The van der Waals surface area contributed by atoms with Gasteiger partial charge in [-0.05, 0) is 53.2 Å². The van der Waals surface area contributed by atoms with Gasteiger partial charge < -0.3 is 10.8 Å². The Morgan fingerprint density at radius 1 is 1.44 bits per heavy atom. The minimum absolute atomic E-state index is 0.0208. The van der Waals surface area contributed by atoms with Gasteiger partial charge in [0.2, 0.25) is 0 Å². The van der Waals surface area contributed by atoms with Crippen LogP contribution in [0, 0.1) is 0 Å². The molecule has 1 aliphatic rings. The molecule has 1 heterocycles. The molecule has 1 aliphatic carbocycles. The summed E-state index contributed by atoms with van der Waals surface area (Å²) in [6.45, 7) is 0.628. The zero-order valence-corrected chi connectivity index (χ0v) is 10.8. The van der Waals surface area contributed by atoms with E-state index in [1.54, 1.807) is 0 Å². The Morgan fingerprint density at radius 2 is 2.12 bits per heavy atom. The molecule has 0 saturated heterocycles. The molecule has 0 spiro atoms. The highest BCUT2D eigenvalue weighted by Crippen LogP contribution is 2.38. The highest BCUT2D eigenvalue weighted by Gasteiger charge is 2.35. The molecular weight excluding hydrogens is 268 g/mol. The number of hydrogen-bond acceptors (Lipinski definition) is 3. The van der Waals surface area contributed by atoms with Crippen molar-refractivity contribution in [1.82, 2.24) is 4.98 Å². The van der Waals surface area contributed by atoms with E-state index in [1.165, 1.54) is 5.56 Å². The van der Waals surface area contributed by atoms with E-state index >= 15 is 0 Å². The van der Waals surface area contributed by atoms with E-state index in [2.05, 4.69) is 27.0 Å². The molecule has 1 aromatic heterocycles. The highest BCUT2D eigenvalue weighted by molar-refractivity contribution is 9.10. The number of rotatable bonds is 2. The number of pyridine rings is 1. The summed E-state index contributed by atoms with van der Waals surface area (Å²) in [5.74, 6) is 0. The molecule has 2 rings (SSSR count). The predicted molar refractivity (Wildman–Crippen MR) is 67.1 cm³/mol. The lowest BCUT2D eigenvalue weighted by Crippen LogP contribution is -2.40. The van der Waals surface area contributed by atoms with Crippen LogP contribution in [-0.4, -0.2) is 22.7 Å². The van der Waals surface area contributed by atoms with Crippen molar-refractivity contribution in [3.05, 3.63) is 28.5 Å². The maximum atomic E-state index is 9.56. The molecule has 0 amide bonds. The van der Waals surface area contributed by atoms with Crippen molar-refractivity contribution in [2.24, 2.45) is 5.73 Å². The van der Waals surface area contributed by atoms with Gasteiger partial charge in [-0.2, -0.15) is 0 Å². The first-order valence-electron chi connectivity index (χ1n) is 5.66. The third-order valence-corrected chi connectivity index (χ3v) is 4.11. The van der Waals surface area contributed by atoms with Gasteiger partial charge in [-0.1, -0.05) is 6.07 Å². The first-order chi connectivity index (χ1) is 7.66. The third-order valence-electron chi connectivity index (χ3n) is 3.64. The molecule has 0 aliphatic heterocycles. The molecule has 0 unspecified atom stereocenters. The molecule has 1 saturated carbocycles. The van der Waals surface area contributed by atoms with Gasteiger partial charge >= 0.3 is 0 Å². The normalized spacial score (nSPS) is 30.3. The van der Waals surface area contributed by atoms with Crippen molar-refractivity contribution in [3.63, 3.8) is 0 Å². The van der Waals surface area contributed by atoms with Crippen LogP contribution in [0.1, 0.15) is 31.2 Å². The zero-order chi connectivity index (χ0) is 11.6. The SMILES string of the molecule is NCC1(c2ccc(Br)nc2)CCC(O)CC1. The summed E-state index contributed by atoms with van der Waals surface area (Å²) in [6, 6.07) is 4.04. The second-order valence-electron chi connectivity index (χ2n) is 4.59. The van der Waals surface area contributed by atoms with Gasteiger partial charge in [0.05, 0.1) is 6.10 Å². The molecular formula is C12H17BrN2O. The van der Waals surface area contributed by atoms with Crippen molar-refractivity contribution in [3.8, 4) is 0 Å². The number of nitrogens with zero attached hydrogens (tertiary/aromatic N) is 1. The smallest absolute Gasteiger partial charge is 0.106 e. The number of aliphatic hydroxyl groups excluding tert-OH is 1. The van der Waals surface area contributed by atoms with Crippen LogP contribution in [0.15, 0.2) is 22.9 Å². The van der Waals surface area contributed by atoms with E-state index in [-0.39, 0.29) is 11.5 Å². The van der Waals surface area contributed by atoms with Gasteiger partial charge in [0.25, 0.3) is 0 Å². The molecule has 0 atom stereocenters. The van der Waals surface area contributed by atoms with E-state index in [4.69, 9.17) is 5.73 Å². The Morgan fingerprint density at radius 3 is 2.62 bits per heavy atom. The van der Waals surface area contributed by atoms with E-state index in [9.17, 15) is 5.11 Å². The zero-order valence-electron chi connectivity index (χ0n) is 9.19. The molecule has 3 N–H and O–H groups in total. The number of halogens is 1. The lowest BCUT2D eigenvalue weighted by Gasteiger charge is -2.38. The number of hydrogen-bond donors (Lipinski definition) is 2. The van der Waals surface area contributed by atoms with Gasteiger partial charge in [0.1, 0.15) is 4.60 Å². The summed E-state index contributed by atoms with van der Waals surface area (Å²) in [5, 5.41) is 9.56. The van der Waals surface area contributed by atoms with Gasteiger partial charge in [0.15, 0.2) is 0 Å². The van der Waals surface area contributed by atoms with E-state index < -0.39 is 0 Å². The maximum absolute atomic E-state index is 9.56. The van der Waals surface area contributed by atoms with Crippen molar-refractivity contribution >= 4 is 15.9 Å².